The standard InChI is InChI=1S/C20H21F3N8S/c21-20(22,23)16-13(2-1-6-26-16)32-18-17(25)29-14(10-27-18)30-8-4-19(5-9-30)11-31-12(15(19)24)3-7-28-31/h1-3,6-7,10,15H,4-5,8-9,11,24H2,(H2,25,29)/t15-/m1/s1. The molecule has 32 heavy (non-hydrogen) atoms. The first-order valence-electron chi connectivity index (χ1n) is 10.1. The Morgan fingerprint density at radius 1 is 1.12 bits per heavy atom. The van der Waals surface area contributed by atoms with Gasteiger partial charge in [-0.2, -0.15) is 18.3 Å². The summed E-state index contributed by atoms with van der Waals surface area (Å²) >= 11 is 0.807. The van der Waals surface area contributed by atoms with Gasteiger partial charge in [-0.05, 0) is 31.0 Å². The van der Waals surface area contributed by atoms with Crippen LogP contribution in [0, 0.1) is 5.41 Å². The smallest absolute Gasteiger partial charge is 0.381 e. The molecule has 3 aromatic rings. The van der Waals surface area contributed by atoms with E-state index in [2.05, 4.69) is 25.0 Å². The van der Waals surface area contributed by atoms with Gasteiger partial charge in [-0.15, -0.1) is 0 Å². The maximum Gasteiger partial charge on any atom is 0.434 e. The number of nitrogen functional groups attached to an aromatic ring is 1. The van der Waals surface area contributed by atoms with Gasteiger partial charge in [0.25, 0.3) is 0 Å². The molecule has 4 N–H and O–H groups in total. The van der Waals surface area contributed by atoms with Crippen molar-refractivity contribution in [3.05, 3.63) is 48.2 Å². The summed E-state index contributed by atoms with van der Waals surface area (Å²) in [7, 11) is 0. The summed E-state index contributed by atoms with van der Waals surface area (Å²) in [5.74, 6) is 0.690. The molecule has 5 heterocycles. The van der Waals surface area contributed by atoms with Crippen LogP contribution in [0.5, 0.6) is 0 Å². The Labute approximate surface area is 186 Å². The number of nitrogens with two attached hydrogens (primary N) is 2. The number of aromatic nitrogens is 5. The van der Waals surface area contributed by atoms with E-state index in [0.717, 1.165) is 56.1 Å². The third kappa shape index (κ3) is 3.56. The highest BCUT2D eigenvalue weighted by atomic mass is 32.2. The first kappa shape index (κ1) is 21.0. The number of pyridine rings is 1. The zero-order valence-electron chi connectivity index (χ0n) is 17.0. The summed E-state index contributed by atoms with van der Waals surface area (Å²) in [6.07, 6.45) is 1.63. The third-order valence-electron chi connectivity index (χ3n) is 6.27. The van der Waals surface area contributed by atoms with Crippen LogP contribution in [0.3, 0.4) is 0 Å². The fourth-order valence-corrected chi connectivity index (χ4v) is 5.38. The van der Waals surface area contributed by atoms with Crippen molar-refractivity contribution in [2.75, 3.05) is 23.7 Å². The molecule has 0 radical (unpaired) electrons. The van der Waals surface area contributed by atoms with Gasteiger partial charge < -0.3 is 16.4 Å². The number of fused-ring (bicyclic) bond motifs is 1. The minimum absolute atomic E-state index is 0.0246. The van der Waals surface area contributed by atoms with E-state index in [-0.39, 0.29) is 27.2 Å². The molecular weight excluding hydrogens is 441 g/mol. The summed E-state index contributed by atoms with van der Waals surface area (Å²) in [5, 5.41) is 4.57. The molecule has 0 unspecified atom stereocenters. The Kier molecular flexibility index (Phi) is 5.01. The predicted molar refractivity (Wildman–Crippen MR) is 113 cm³/mol. The number of hydrogen-bond acceptors (Lipinski definition) is 8. The molecule has 3 aromatic heterocycles. The molecule has 0 bridgehead atoms. The molecule has 1 saturated heterocycles. The summed E-state index contributed by atoms with van der Waals surface area (Å²) in [6.45, 7) is 2.28. The van der Waals surface area contributed by atoms with Crippen LogP contribution in [-0.2, 0) is 12.7 Å². The van der Waals surface area contributed by atoms with Gasteiger partial charge in [0, 0.05) is 42.3 Å². The highest BCUT2D eigenvalue weighted by Crippen LogP contribution is 2.48. The van der Waals surface area contributed by atoms with E-state index in [4.69, 9.17) is 11.5 Å². The normalized spacial score (nSPS) is 20.0. The second kappa shape index (κ2) is 7.62. The van der Waals surface area contributed by atoms with Crippen molar-refractivity contribution < 1.29 is 13.2 Å². The second-order valence-electron chi connectivity index (χ2n) is 8.11. The lowest BCUT2D eigenvalue weighted by molar-refractivity contribution is -0.143. The van der Waals surface area contributed by atoms with Crippen molar-refractivity contribution in [1.29, 1.82) is 0 Å². The molecule has 0 aromatic carbocycles. The Bertz CT molecular complexity index is 1140. The van der Waals surface area contributed by atoms with E-state index in [1.165, 1.54) is 12.1 Å². The average molecular weight is 463 g/mol. The number of anilines is 2. The van der Waals surface area contributed by atoms with Gasteiger partial charge in [0.05, 0.1) is 17.9 Å². The SMILES string of the molecule is Nc1nc(N2CCC3(CC2)Cn2nccc2[C@H]3N)cnc1Sc1cccnc1C(F)(F)F. The van der Waals surface area contributed by atoms with E-state index in [1.807, 2.05) is 10.7 Å². The minimum atomic E-state index is -4.56. The zero-order valence-corrected chi connectivity index (χ0v) is 17.8. The number of piperidine rings is 1. The molecule has 0 amide bonds. The van der Waals surface area contributed by atoms with Crippen molar-refractivity contribution in [3.63, 3.8) is 0 Å². The van der Waals surface area contributed by atoms with E-state index in [1.54, 1.807) is 12.4 Å². The van der Waals surface area contributed by atoms with Gasteiger partial charge in [-0.1, -0.05) is 11.8 Å². The topological polar surface area (TPSA) is 112 Å². The van der Waals surface area contributed by atoms with Gasteiger partial charge in [0.1, 0.15) is 10.8 Å². The first-order valence-corrected chi connectivity index (χ1v) is 10.9. The minimum Gasteiger partial charge on any atom is -0.381 e. The van der Waals surface area contributed by atoms with E-state index >= 15 is 0 Å². The second-order valence-corrected chi connectivity index (χ2v) is 9.14. The number of rotatable bonds is 3. The van der Waals surface area contributed by atoms with Gasteiger partial charge in [0.2, 0.25) is 0 Å². The van der Waals surface area contributed by atoms with Gasteiger partial charge in [-0.3, -0.25) is 9.67 Å². The summed E-state index contributed by atoms with van der Waals surface area (Å²) in [4.78, 5) is 14.2. The average Bonchev–Trinajstić information content (AvgIpc) is 3.31. The molecule has 168 valence electrons. The fourth-order valence-electron chi connectivity index (χ4n) is 4.50. The lowest BCUT2D eigenvalue weighted by Gasteiger charge is -2.41. The molecule has 8 nitrogen and oxygen atoms in total. The first-order chi connectivity index (χ1) is 15.3. The van der Waals surface area contributed by atoms with Crippen molar-refractivity contribution >= 4 is 23.4 Å². The van der Waals surface area contributed by atoms with Gasteiger partial charge in [-0.25, -0.2) is 9.97 Å². The molecule has 1 atom stereocenters. The van der Waals surface area contributed by atoms with Crippen LogP contribution in [0.4, 0.5) is 24.8 Å². The lowest BCUT2D eigenvalue weighted by atomic mass is 9.73. The summed E-state index contributed by atoms with van der Waals surface area (Å²) < 4.78 is 41.6. The predicted octanol–water partition coefficient (Wildman–Crippen LogP) is 3.12. The van der Waals surface area contributed by atoms with Crippen LogP contribution in [0.2, 0.25) is 0 Å². The molecule has 1 spiro atoms. The van der Waals surface area contributed by atoms with Crippen LogP contribution in [0.1, 0.15) is 30.3 Å². The highest BCUT2D eigenvalue weighted by molar-refractivity contribution is 7.99. The van der Waals surface area contributed by atoms with E-state index in [0.29, 0.717) is 5.82 Å². The maximum absolute atomic E-state index is 13.2. The number of alkyl halides is 3. The molecule has 1 fully saturated rings. The largest absolute Gasteiger partial charge is 0.434 e. The summed E-state index contributed by atoms with van der Waals surface area (Å²) in [5.41, 5.74) is 12.7. The quantitative estimate of drug-likeness (QED) is 0.611. The number of nitrogens with zero attached hydrogens (tertiary/aromatic N) is 6. The molecule has 2 aliphatic rings. The van der Waals surface area contributed by atoms with Crippen LogP contribution in [0.15, 0.2) is 46.7 Å². The van der Waals surface area contributed by atoms with Gasteiger partial charge in [0.15, 0.2) is 11.5 Å². The van der Waals surface area contributed by atoms with Crippen LogP contribution < -0.4 is 16.4 Å². The van der Waals surface area contributed by atoms with Crippen molar-refractivity contribution in [2.45, 2.75) is 41.5 Å². The lowest BCUT2D eigenvalue weighted by Crippen LogP contribution is -2.45. The van der Waals surface area contributed by atoms with Gasteiger partial charge >= 0.3 is 6.18 Å². The van der Waals surface area contributed by atoms with E-state index in [9.17, 15) is 13.2 Å². The maximum atomic E-state index is 13.2. The van der Waals surface area contributed by atoms with Crippen molar-refractivity contribution in [3.8, 4) is 0 Å². The molecule has 12 heteroatoms. The highest BCUT2D eigenvalue weighted by Gasteiger charge is 2.47. The summed E-state index contributed by atoms with van der Waals surface area (Å²) in [6, 6.07) is 4.71. The molecule has 0 saturated carbocycles. The third-order valence-corrected chi connectivity index (χ3v) is 7.33. The number of halogens is 3. The Morgan fingerprint density at radius 2 is 1.91 bits per heavy atom. The van der Waals surface area contributed by atoms with Crippen LogP contribution >= 0.6 is 11.8 Å². The molecular formula is C20H21F3N8S. The van der Waals surface area contributed by atoms with Crippen LogP contribution in [0.25, 0.3) is 0 Å². The monoisotopic (exact) mass is 462 g/mol. The zero-order chi connectivity index (χ0) is 22.5. The molecule has 2 aliphatic heterocycles. The Morgan fingerprint density at radius 3 is 2.59 bits per heavy atom. The Balaban J connectivity index is 1.30. The van der Waals surface area contributed by atoms with E-state index < -0.39 is 11.9 Å². The fraction of sp³-hybridized carbons (Fsp3) is 0.400. The van der Waals surface area contributed by atoms with Crippen molar-refractivity contribution in [1.82, 2.24) is 24.7 Å². The molecule has 0 aliphatic carbocycles. The van der Waals surface area contributed by atoms with Crippen molar-refractivity contribution in [2.24, 2.45) is 11.1 Å². The Hall–Kier alpha value is -2.86. The number of hydrogen-bond donors (Lipinski definition) is 2. The molecule has 5 rings (SSSR count). The van der Waals surface area contributed by atoms with Crippen LogP contribution in [-0.4, -0.2) is 37.8 Å².